The zero-order valence-electron chi connectivity index (χ0n) is 13.4. The zero-order chi connectivity index (χ0) is 16.2. The molecule has 0 aromatic heterocycles. The maximum atomic E-state index is 12.4. The van der Waals surface area contributed by atoms with E-state index in [2.05, 4.69) is 6.92 Å². The number of benzene rings is 1. The van der Waals surface area contributed by atoms with Gasteiger partial charge in [0.05, 0.1) is 5.41 Å². The predicted octanol–water partition coefficient (Wildman–Crippen LogP) is 3.07. The first kappa shape index (κ1) is 16.5. The van der Waals surface area contributed by atoms with Crippen molar-refractivity contribution in [3.8, 4) is 0 Å². The van der Waals surface area contributed by atoms with Gasteiger partial charge in [0, 0.05) is 19.0 Å². The molecule has 0 spiro atoms. The summed E-state index contributed by atoms with van der Waals surface area (Å²) in [6, 6.07) is 9.41. The lowest BCUT2D eigenvalue weighted by Gasteiger charge is -2.40. The van der Waals surface area contributed by atoms with Gasteiger partial charge in [-0.15, -0.1) is 0 Å². The Morgan fingerprint density at radius 3 is 2.32 bits per heavy atom. The van der Waals surface area contributed by atoms with Crippen LogP contribution in [0.5, 0.6) is 0 Å². The molecule has 1 fully saturated rings. The fraction of sp³-hybridized carbons (Fsp3) is 0.556. The molecule has 4 heteroatoms. The summed E-state index contributed by atoms with van der Waals surface area (Å²) in [5, 5.41) is 9.76. The number of hydrogen-bond acceptors (Lipinski definition) is 2. The second-order valence-electron chi connectivity index (χ2n) is 6.27. The van der Waals surface area contributed by atoms with Crippen molar-refractivity contribution in [3.05, 3.63) is 35.9 Å². The minimum Gasteiger partial charge on any atom is -0.481 e. The van der Waals surface area contributed by atoms with E-state index in [1.165, 1.54) is 0 Å². The number of rotatable bonds is 5. The highest BCUT2D eigenvalue weighted by Crippen LogP contribution is 2.36. The van der Waals surface area contributed by atoms with Crippen LogP contribution < -0.4 is 0 Å². The monoisotopic (exact) mass is 303 g/mol. The number of nitrogens with zero attached hydrogens (tertiary/aromatic N) is 1. The molecule has 1 heterocycles. The summed E-state index contributed by atoms with van der Waals surface area (Å²) in [4.78, 5) is 26.1. The quantitative estimate of drug-likeness (QED) is 0.909. The molecule has 1 aromatic carbocycles. The Labute approximate surface area is 132 Å². The molecule has 0 bridgehead atoms. The minimum atomic E-state index is -0.855. The van der Waals surface area contributed by atoms with Crippen molar-refractivity contribution in [2.45, 2.75) is 44.9 Å². The van der Waals surface area contributed by atoms with E-state index >= 15 is 0 Å². The molecule has 1 aliphatic rings. The fourth-order valence-corrected chi connectivity index (χ4v) is 3.36. The molecule has 1 saturated heterocycles. The molecular formula is C18H25NO3. The van der Waals surface area contributed by atoms with Gasteiger partial charge in [0.1, 0.15) is 0 Å². The van der Waals surface area contributed by atoms with E-state index in [4.69, 9.17) is 0 Å². The predicted molar refractivity (Wildman–Crippen MR) is 85.6 cm³/mol. The molecule has 1 N–H and O–H groups in total. The van der Waals surface area contributed by atoms with Crippen LogP contribution in [0.15, 0.2) is 30.3 Å². The van der Waals surface area contributed by atoms with Gasteiger partial charge in [0.2, 0.25) is 5.91 Å². The fourth-order valence-electron chi connectivity index (χ4n) is 3.36. The van der Waals surface area contributed by atoms with Crippen LogP contribution in [-0.2, 0) is 15.0 Å². The molecule has 2 rings (SSSR count). The third kappa shape index (κ3) is 3.16. The van der Waals surface area contributed by atoms with Gasteiger partial charge in [0.25, 0.3) is 0 Å². The first-order valence-corrected chi connectivity index (χ1v) is 8.09. The van der Waals surface area contributed by atoms with Gasteiger partial charge in [0.15, 0.2) is 0 Å². The van der Waals surface area contributed by atoms with Gasteiger partial charge in [-0.2, -0.15) is 0 Å². The number of carboxylic acid groups (broad SMARTS) is 1. The lowest BCUT2D eigenvalue weighted by molar-refractivity contribution is -0.149. The highest BCUT2D eigenvalue weighted by atomic mass is 16.4. The number of carboxylic acids is 1. The van der Waals surface area contributed by atoms with E-state index in [9.17, 15) is 14.7 Å². The van der Waals surface area contributed by atoms with E-state index < -0.39 is 11.4 Å². The summed E-state index contributed by atoms with van der Waals surface area (Å²) in [5.41, 5.74) is -0.0114. The Balaban J connectivity index is 2.11. The summed E-state index contributed by atoms with van der Waals surface area (Å²) in [5.74, 6) is -0.597. The van der Waals surface area contributed by atoms with Crippen LogP contribution in [0.4, 0.5) is 0 Å². The average molecular weight is 303 g/mol. The van der Waals surface area contributed by atoms with Gasteiger partial charge in [-0.05, 0) is 24.8 Å². The van der Waals surface area contributed by atoms with Crippen molar-refractivity contribution in [1.82, 2.24) is 4.90 Å². The smallest absolute Gasteiger partial charge is 0.314 e. The van der Waals surface area contributed by atoms with E-state index in [-0.39, 0.29) is 11.8 Å². The molecule has 0 radical (unpaired) electrons. The molecule has 1 unspecified atom stereocenters. The lowest BCUT2D eigenvalue weighted by atomic mass is 9.72. The molecule has 1 aliphatic heterocycles. The minimum absolute atomic E-state index is 0.0269. The molecule has 4 nitrogen and oxygen atoms in total. The molecule has 22 heavy (non-hydrogen) atoms. The summed E-state index contributed by atoms with van der Waals surface area (Å²) in [6.45, 7) is 5.08. The van der Waals surface area contributed by atoms with E-state index in [1.807, 2.05) is 42.2 Å². The normalized spacial score (nSPS) is 18.7. The number of aliphatic carboxylic acids is 1. The van der Waals surface area contributed by atoms with Gasteiger partial charge in [-0.3, -0.25) is 9.59 Å². The lowest BCUT2D eigenvalue weighted by Crippen LogP contribution is -2.50. The van der Waals surface area contributed by atoms with E-state index in [1.54, 1.807) is 0 Å². The van der Waals surface area contributed by atoms with Crippen molar-refractivity contribution >= 4 is 11.9 Å². The van der Waals surface area contributed by atoms with Gasteiger partial charge >= 0.3 is 5.97 Å². The second-order valence-corrected chi connectivity index (χ2v) is 6.27. The number of carbonyl (C=O) groups excluding carboxylic acids is 1. The van der Waals surface area contributed by atoms with Crippen LogP contribution in [-0.4, -0.2) is 35.0 Å². The van der Waals surface area contributed by atoms with Crippen molar-refractivity contribution < 1.29 is 14.7 Å². The van der Waals surface area contributed by atoms with Gasteiger partial charge in [-0.25, -0.2) is 0 Å². The highest BCUT2D eigenvalue weighted by Gasteiger charge is 2.44. The Hall–Kier alpha value is -1.84. The maximum Gasteiger partial charge on any atom is 0.314 e. The van der Waals surface area contributed by atoms with Crippen LogP contribution in [0, 0.1) is 5.92 Å². The molecule has 120 valence electrons. The highest BCUT2D eigenvalue weighted by molar-refractivity contribution is 5.83. The first-order valence-electron chi connectivity index (χ1n) is 8.09. The van der Waals surface area contributed by atoms with Crippen LogP contribution in [0.1, 0.15) is 45.1 Å². The Kier molecular flexibility index (Phi) is 5.22. The van der Waals surface area contributed by atoms with Crippen molar-refractivity contribution in [2.75, 3.05) is 13.1 Å². The van der Waals surface area contributed by atoms with Crippen LogP contribution in [0.3, 0.4) is 0 Å². The third-order valence-electron chi connectivity index (χ3n) is 4.81. The first-order chi connectivity index (χ1) is 10.5. The van der Waals surface area contributed by atoms with Crippen LogP contribution in [0.2, 0.25) is 0 Å². The SMILES string of the molecule is CCCC(C)C(=O)N1CCC(C(=O)O)(c2ccccc2)CC1. The Morgan fingerprint density at radius 2 is 1.82 bits per heavy atom. The summed E-state index contributed by atoms with van der Waals surface area (Å²) in [7, 11) is 0. The molecule has 1 amide bonds. The molecule has 0 aliphatic carbocycles. The van der Waals surface area contributed by atoms with Gasteiger partial charge in [-0.1, -0.05) is 50.6 Å². The summed E-state index contributed by atoms with van der Waals surface area (Å²) >= 11 is 0. The third-order valence-corrected chi connectivity index (χ3v) is 4.81. The Morgan fingerprint density at radius 1 is 1.23 bits per heavy atom. The molecule has 1 aromatic rings. The van der Waals surface area contributed by atoms with Gasteiger partial charge < -0.3 is 10.0 Å². The summed E-state index contributed by atoms with van der Waals surface area (Å²) in [6.07, 6.45) is 2.84. The molecular weight excluding hydrogens is 278 g/mol. The number of carbonyl (C=O) groups is 2. The zero-order valence-corrected chi connectivity index (χ0v) is 13.4. The largest absolute Gasteiger partial charge is 0.481 e. The molecule has 0 saturated carbocycles. The number of hydrogen-bond donors (Lipinski definition) is 1. The maximum absolute atomic E-state index is 12.4. The van der Waals surface area contributed by atoms with Crippen LogP contribution >= 0.6 is 0 Å². The Bertz CT molecular complexity index is 518. The van der Waals surface area contributed by atoms with Crippen molar-refractivity contribution in [1.29, 1.82) is 0 Å². The number of piperidine rings is 1. The summed E-state index contributed by atoms with van der Waals surface area (Å²) < 4.78 is 0. The van der Waals surface area contributed by atoms with Crippen molar-refractivity contribution in [3.63, 3.8) is 0 Å². The standard InChI is InChI=1S/C18H25NO3/c1-3-7-14(2)16(20)19-12-10-18(11-13-19,17(21)22)15-8-5-4-6-9-15/h4-6,8-9,14H,3,7,10-13H2,1-2H3,(H,21,22). The topological polar surface area (TPSA) is 57.6 Å². The van der Waals surface area contributed by atoms with Crippen LogP contribution in [0.25, 0.3) is 0 Å². The van der Waals surface area contributed by atoms with Crippen molar-refractivity contribution in [2.24, 2.45) is 5.92 Å². The number of likely N-dealkylation sites (tertiary alicyclic amines) is 1. The van der Waals surface area contributed by atoms with E-state index in [0.29, 0.717) is 25.9 Å². The van der Waals surface area contributed by atoms with E-state index in [0.717, 1.165) is 18.4 Å². The number of amides is 1. The second kappa shape index (κ2) is 6.95. The average Bonchev–Trinajstić information content (AvgIpc) is 2.55. The molecule has 1 atom stereocenters.